The number of carbonyl (C=O) groups is 1. The van der Waals surface area contributed by atoms with E-state index >= 15 is 0 Å². The summed E-state index contributed by atoms with van der Waals surface area (Å²) in [5.41, 5.74) is 5.74. The molecule has 29 heavy (non-hydrogen) atoms. The minimum atomic E-state index is 0.00177. The van der Waals surface area contributed by atoms with Crippen LogP contribution in [0.15, 0.2) is 48.5 Å². The first kappa shape index (κ1) is 19.4. The predicted molar refractivity (Wildman–Crippen MR) is 118 cm³/mol. The molecule has 1 fully saturated rings. The van der Waals surface area contributed by atoms with Crippen LogP contribution in [0.3, 0.4) is 0 Å². The van der Waals surface area contributed by atoms with E-state index in [4.69, 9.17) is 24.4 Å². The molecule has 0 saturated carbocycles. The molecule has 1 amide bonds. The van der Waals surface area contributed by atoms with Crippen molar-refractivity contribution in [2.75, 3.05) is 11.6 Å². The van der Waals surface area contributed by atoms with Crippen molar-refractivity contribution in [2.24, 2.45) is 0 Å². The van der Waals surface area contributed by atoms with E-state index in [0.717, 1.165) is 11.4 Å². The number of hydrogen-bond donors (Lipinski definition) is 5. The Hall–Kier alpha value is -2.89. The number of carbonyl (C=O) groups excluding carboxylic acids is 1. The highest BCUT2D eigenvalue weighted by Gasteiger charge is 2.19. The quantitative estimate of drug-likeness (QED) is 0.183. The van der Waals surface area contributed by atoms with Gasteiger partial charge in [0.25, 0.3) is 0 Å². The van der Waals surface area contributed by atoms with Gasteiger partial charge in [-0.05, 0) is 73.6 Å². The summed E-state index contributed by atoms with van der Waals surface area (Å²) >= 11 is 14.7. The molecule has 4 N–H and O–H groups in total. The Kier molecular flexibility index (Phi) is 5.26. The topological polar surface area (TPSA) is 92.2 Å². The number of aliphatic hydroxyl groups excluding tert-OH is 1. The molecule has 1 saturated heterocycles. The van der Waals surface area contributed by atoms with Crippen LogP contribution in [-0.2, 0) is 4.79 Å². The van der Waals surface area contributed by atoms with E-state index in [0.29, 0.717) is 33.8 Å². The molecule has 2 aromatic carbocycles. The number of hydrogen-bond acceptors (Lipinski definition) is 5. The van der Waals surface area contributed by atoms with E-state index in [2.05, 4.69) is 28.3 Å². The van der Waals surface area contributed by atoms with Crippen molar-refractivity contribution >= 4 is 60.4 Å². The van der Waals surface area contributed by atoms with Gasteiger partial charge in [0.2, 0.25) is 16.4 Å². The smallest absolute Gasteiger partial charge is 0.371 e. The molecule has 0 spiro atoms. The standard InChI is InChI=1S/C18H16N6O2S3/c25-15-9-10-22(20-15)13-5-1-11(2-6-13)16(26)19-12-3-7-14(8-4-12)23-17(27)21-24(29)18(23)28/h1-8,29H,9-10H2,(H,19,26)(H,20,25)(H,21,27)/p+1. The van der Waals surface area contributed by atoms with Gasteiger partial charge in [0.15, 0.2) is 4.77 Å². The summed E-state index contributed by atoms with van der Waals surface area (Å²) in [6.45, 7) is 0.628. The van der Waals surface area contributed by atoms with Crippen LogP contribution >= 0.6 is 37.3 Å². The highest BCUT2D eigenvalue weighted by atomic mass is 32.1. The fourth-order valence-electron chi connectivity index (χ4n) is 2.97. The second kappa shape index (κ2) is 7.85. The van der Waals surface area contributed by atoms with Crippen molar-refractivity contribution in [1.82, 2.24) is 19.2 Å². The molecule has 0 radical (unpaired) electrons. The van der Waals surface area contributed by atoms with Crippen LogP contribution in [0.25, 0.3) is 5.69 Å². The lowest BCUT2D eigenvalue weighted by Gasteiger charge is -2.16. The Morgan fingerprint density at radius 3 is 2.28 bits per heavy atom. The normalized spacial score (nSPS) is 14.3. The lowest BCUT2D eigenvalue weighted by atomic mass is 10.2. The maximum absolute atomic E-state index is 11.3. The number of rotatable bonds is 4. The van der Waals surface area contributed by atoms with Gasteiger partial charge in [-0.2, -0.15) is 4.99 Å². The molecule has 8 nitrogen and oxygen atoms in total. The second-order valence-corrected chi connectivity index (χ2v) is 7.50. The fraction of sp³-hybridized carbons (Fsp3) is 0.111. The van der Waals surface area contributed by atoms with Gasteiger partial charge in [0.05, 0.1) is 16.9 Å². The Morgan fingerprint density at radius 1 is 1.07 bits per heavy atom. The number of hydrazine groups is 1. The SMILES string of the molecule is O=C1CCN(c2ccc(C(O)=[NH+]c3ccc(-n4c(=S)[nH]n(S)c4=S)cc3)cc2)N1. The lowest BCUT2D eigenvalue weighted by Crippen LogP contribution is -2.66. The summed E-state index contributed by atoms with van der Waals surface area (Å²) < 4.78 is 3.93. The minimum Gasteiger partial charge on any atom is -0.459 e. The molecule has 0 aliphatic carbocycles. The van der Waals surface area contributed by atoms with Gasteiger partial charge in [-0.15, -0.1) is 0 Å². The third-order valence-electron chi connectivity index (χ3n) is 4.44. The number of thiol groups is 1. The average molecular weight is 446 g/mol. The van der Waals surface area contributed by atoms with Crippen LogP contribution in [-0.4, -0.2) is 37.2 Å². The van der Waals surface area contributed by atoms with E-state index in [1.54, 1.807) is 21.7 Å². The zero-order valence-corrected chi connectivity index (χ0v) is 17.5. The number of aromatic amines is 1. The van der Waals surface area contributed by atoms with Crippen molar-refractivity contribution in [1.29, 1.82) is 0 Å². The average Bonchev–Trinajstić information content (AvgIpc) is 3.25. The zero-order chi connectivity index (χ0) is 20.5. The van der Waals surface area contributed by atoms with Crippen molar-refractivity contribution in [3.63, 3.8) is 0 Å². The van der Waals surface area contributed by atoms with Gasteiger partial charge in [-0.25, -0.2) is 4.09 Å². The predicted octanol–water partition coefficient (Wildman–Crippen LogP) is 1.72. The van der Waals surface area contributed by atoms with Gasteiger partial charge in [0.1, 0.15) is 0 Å². The third kappa shape index (κ3) is 3.97. The first-order chi connectivity index (χ1) is 13.9. The van der Waals surface area contributed by atoms with E-state index in [9.17, 15) is 9.90 Å². The number of aromatic nitrogens is 3. The third-order valence-corrected chi connectivity index (χ3v) is 5.50. The molecule has 1 aliphatic heterocycles. The van der Waals surface area contributed by atoms with Crippen molar-refractivity contribution in [2.45, 2.75) is 6.42 Å². The Morgan fingerprint density at radius 2 is 1.72 bits per heavy atom. The lowest BCUT2D eigenvalue weighted by molar-refractivity contribution is -0.364. The Bertz CT molecular complexity index is 1210. The molecule has 2 heterocycles. The molecule has 0 unspecified atom stereocenters. The van der Waals surface area contributed by atoms with Crippen molar-refractivity contribution < 1.29 is 14.9 Å². The molecule has 1 aromatic heterocycles. The van der Waals surface area contributed by atoms with Gasteiger partial charge in [0, 0.05) is 25.1 Å². The molecule has 11 heteroatoms. The molecular formula is C18H17N6O2S3+. The molecule has 0 atom stereocenters. The number of nitrogens with zero attached hydrogens (tertiary/aromatic N) is 3. The largest absolute Gasteiger partial charge is 0.459 e. The van der Waals surface area contributed by atoms with Gasteiger partial charge >= 0.3 is 5.90 Å². The van der Waals surface area contributed by atoms with Crippen LogP contribution in [0.4, 0.5) is 11.4 Å². The number of H-pyrrole nitrogens is 1. The van der Waals surface area contributed by atoms with E-state index in [1.165, 1.54) is 4.09 Å². The van der Waals surface area contributed by atoms with Crippen LogP contribution in [0, 0.1) is 9.54 Å². The highest BCUT2D eigenvalue weighted by molar-refractivity contribution is 7.79. The second-order valence-electron chi connectivity index (χ2n) is 6.35. The number of amides is 1. The fourth-order valence-corrected chi connectivity index (χ4v) is 3.80. The number of nitrogens with one attached hydrogen (secondary N) is 3. The van der Waals surface area contributed by atoms with E-state index in [1.807, 2.05) is 36.4 Å². The van der Waals surface area contributed by atoms with Gasteiger partial charge in [-0.1, -0.05) is 0 Å². The summed E-state index contributed by atoms with van der Waals surface area (Å²) in [5, 5.41) is 15.0. The minimum absolute atomic E-state index is 0.00177. The van der Waals surface area contributed by atoms with Gasteiger partial charge < -0.3 is 5.11 Å². The van der Waals surface area contributed by atoms with Crippen molar-refractivity contribution in [3.8, 4) is 5.69 Å². The molecule has 148 valence electrons. The number of benzene rings is 2. The molecular weight excluding hydrogens is 428 g/mol. The van der Waals surface area contributed by atoms with Crippen LogP contribution in [0.1, 0.15) is 12.0 Å². The molecule has 0 bridgehead atoms. The molecule has 3 aromatic rings. The number of aliphatic hydroxyl groups is 1. The molecule has 4 rings (SSSR count). The van der Waals surface area contributed by atoms with E-state index in [-0.39, 0.29) is 11.8 Å². The Labute approximate surface area is 181 Å². The first-order valence-electron chi connectivity index (χ1n) is 8.66. The highest BCUT2D eigenvalue weighted by Crippen LogP contribution is 2.16. The van der Waals surface area contributed by atoms with E-state index < -0.39 is 0 Å². The maximum atomic E-state index is 11.3. The summed E-state index contributed by atoms with van der Waals surface area (Å²) in [6.07, 6.45) is 0.478. The van der Waals surface area contributed by atoms with Crippen molar-refractivity contribution in [3.05, 3.63) is 63.6 Å². The monoisotopic (exact) mass is 445 g/mol. The summed E-state index contributed by atoms with van der Waals surface area (Å²) in [4.78, 5) is 14.3. The number of anilines is 1. The van der Waals surface area contributed by atoms with Crippen LogP contribution in [0.5, 0.6) is 0 Å². The van der Waals surface area contributed by atoms with Crippen LogP contribution in [0.2, 0.25) is 0 Å². The summed E-state index contributed by atoms with van der Waals surface area (Å²) in [5.74, 6) is 0.0204. The van der Waals surface area contributed by atoms with Crippen LogP contribution < -0.4 is 15.4 Å². The maximum Gasteiger partial charge on any atom is 0.371 e. The zero-order valence-electron chi connectivity index (χ0n) is 15.0. The first-order valence-corrected chi connectivity index (χ1v) is 9.88. The summed E-state index contributed by atoms with van der Waals surface area (Å²) in [6, 6.07) is 14.5. The van der Waals surface area contributed by atoms with Gasteiger partial charge in [-0.3, -0.25) is 24.9 Å². The summed E-state index contributed by atoms with van der Waals surface area (Å²) in [7, 11) is 0. The molecule has 1 aliphatic rings. The Balaban J connectivity index is 1.54.